The Kier molecular flexibility index (Phi) is 4.79. The number of nitrogens with zero attached hydrogens (tertiary/aromatic N) is 2. The Morgan fingerprint density at radius 1 is 1.26 bits per heavy atom. The minimum absolute atomic E-state index is 0.145. The van der Waals surface area contributed by atoms with Crippen molar-refractivity contribution in [3.63, 3.8) is 0 Å². The molecular weight excluding hydrogens is 381 g/mol. The van der Waals surface area contributed by atoms with Crippen molar-refractivity contribution < 1.29 is 9.52 Å². The number of alkyl halides is 3. The third-order valence-corrected chi connectivity index (χ3v) is 4.43. The second kappa shape index (κ2) is 6.67. The average molecular weight is 391 g/mol. The molecule has 0 aliphatic heterocycles. The predicted octanol–water partition coefficient (Wildman–Crippen LogP) is 4.74. The molecule has 0 aliphatic carbocycles. The van der Waals surface area contributed by atoms with E-state index in [2.05, 4.69) is 15.5 Å². The molecule has 0 saturated carbocycles. The molecule has 0 bridgehead atoms. The summed E-state index contributed by atoms with van der Waals surface area (Å²) in [4.78, 5) is 4.38. The van der Waals surface area contributed by atoms with Gasteiger partial charge in [0.15, 0.2) is 6.10 Å². The van der Waals surface area contributed by atoms with Crippen molar-refractivity contribution >= 4 is 67.7 Å². The summed E-state index contributed by atoms with van der Waals surface area (Å²) in [6.07, 6.45) is 0.0904. The van der Waals surface area contributed by atoms with Crippen LogP contribution < -0.4 is 5.43 Å². The van der Waals surface area contributed by atoms with Crippen LogP contribution in [-0.4, -0.2) is 20.1 Å². The van der Waals surface area contributed by atoms with Crippen LogP contribution in [0.15, 0.2) is 45.9 Å². The van der Waals surface area contributed by atoms with E-state index in [0.717, 1.165) is 10.2 Å². The number of thiazole rings is 1. The van der Waals surface area contributed by atoms with Crippen LogP contribution in [0.4, 0.5) is 5.13 Å². The van der Waals surface area contributed by atoms with Crippen LogP contribution in [0.1, 0.15) is 17.6 Å². The molecule has 5 nitrogen and oxygen atoms in total. The summed E-state index contributed by atoms with van der Waals surface area (Å²) in [5.74, 6) is 0.549. The Bertz CT molecular complexity index is 808. The highest BCUT2D eigenvalue weighted by Gasteiger charge is 2.34. The van der Waals surface area contributed by atoms with Gasteiger partial charge in [0.2, 0.25) is 8.92 Å². The number of hydrogen-bond donors (Lipinski definition) is 2. The molecule has 9 heteroatoms. The van der Waals surface area contributed by atoms with Crippen molar-refractivity contribution in [2.24, 2.45) is 5.10 Å². The molecule has 0 fully saturated rings. The van der Waals surface area contributed by atoms with Gasteiger partial charge in [0.1, 0.15) is 11.5 Å². The molecule has 23 heavy (non-hydrogen) atoms. The molecule has 3 rings (SSSR count). The molecule has 0 saturated heterocycles. The van der Waals surface area contributed by atoms with Gasteiger partial charge in [-0.05, 0) is 24.3 Å². The maximum Gasteiger partial charge on any atom is 0.223 e. The van der Waals surface area contributed by atoms with Crippen molar-refractivity contribution in [3.8, 4) is 0 Å². The Hall–Kier alpha value is -1.31. The van der Waals surface area contributed by atoms with Crippen molar-refractivity contribution in [1.29, 1.82) is 0 Å². The van der Waals surface area contributed by atoms with Crippen molar-refractivity contribution in [1.82, 2.24) is 4.98 Å². The van der Waals surface area contributed by atoms with E-state index in [1.807, 2.05) is 24.3 Å². The fourth-order valence-corrected chi connectivity index (χ4v) is 2.96. The molecule has 1 atom stereocenters. The van der Waals surface area contributed by atoms with Crippen molar-refractivity contribution in [2.45, 2.75) is 9.90 Å². The standard InChI is InChI=1S/C14H10Cl3N3O2S/c15-14(16,17)12(21)10-6-5-8(22-10)7-18-20-13-19-9-3-1-2-4-11(9)23-13/h1-7,12,21H,(H,19,20)/b18-7-/t12-/m0/s1. The molecule has 2 heterocycles. The van der Waals surface area contributed by atoms with Gasteiger partial charge in [0, 0.05) is 0 Å². The lowest BCUT2D eigenvalue weighted by atomic mass is 10.3. The summed E-state index contributed by atoms with van der Waals surface area (Å²) >= 11 is 18.3. The SMILES string of the molecule is O[C@@H](c1ccc(/C=N\Nc2nc3ccccc3s2)o1)C(Cl)(Cl)Cl. The number of furan rings is 1. The normalized spacial score (nSPS) is 13.7. The second-order valence-corrected chi connectivity index (χ2v) is 7.94. The van der Waals surface area contributed by atoms with E-state index >= 15 is 0 Å². The zero-order valence-corrected chi connectivity index (χ0v) is 14.5. The lowest BCUT2D eigenvalue weighted by Crippen LogP contribution is -2.15. The van der Waals surface area contributed by atoms with Crippen LogP contribution in [0.2, 0.25) is 0 Å². The van der Waals surface area contributed by atoms with E-state index in [-0.39, 0.29) is 5.76 Å². The van der Waals surface area contributed by atoms with Gasteiger partial charge < -0.3 is 9.52 Å². The third kappa shape index (κ3) is 3.97. The number of aliphatic hydroxyl groups excluding tert-OH is 1. The van der Waals surface area contributed by atoms with Crippen LogP contribution in [-0.2, 0) is 0 Å². The van der Waals surface area contributed by atoms with E-state index in [1.54, 1.807) is 6.07 Å². The molecule has 3 aromatic rings. The molecule has 0 amide bonds. The van der Waals surface area contributed by atoms with E-state index < -0.39 is 9.90 Å². The zero-order valence-electron chi connectivity index (χ0n) is 11.4. The van der Waals surface area contributed by atoms with Gasteiger partial charge in [-0.3, -0.25) is 5.43 Å². The Labute approximate surface area is 150 Å². The molecule has 2 aromatic heterocycles. The first-order valence-electron chi connectivity index (χ1n) is 6.42. The number of para-hydroxylation sites is 1. The van der Waals surface area contributed by atoms with Crippen molar-refractivity contribution in [2.75, 3.05) is 5.43 Å². The largest absolute Gasteiger partial charge is 0.457 e. The number of hydrazone groups is 1. The molecular formula is C14H10Cl3N3O2S. The van der Waals surface area contributed by atoms with Gasteiger partial charge in [-0.15, -0.1) is 0 Å². The summed E-state index contributed by atoms with van der Waals surface area (Å²) in [5.41, 5.74) is 3.73. The average Bonchev–Trinajstić information content (AvgIpc) is 3.11. The molecule has 0 unspecified atom stereocenters. The summed E-state index contributed by atoms with van der Waals surface area (Å²) in [5, 5.41) is 14.5. The summed E-state index contributed by atoms with van der Waals surface area (Å²) in [6.45, 7) is 0. The first kappa shape index (κ1) is 16.5. The summed E-state index contributed by atoms with van der Waals surface area (Å²) in [6, 6.07) is 10.9. The second-order valence-electron chi connectivity index (χ2n) is 4.54. The third-order valence-electron chi connectivity index (χ3n) is 2.87. The number of aliphatic hydroxyl groups is 1. The lowest BCUT2D eigenvalue weighted by molar-refractivity contribution is 0.153. The minimum Gasteiger partial charge on any atom is -0.457 e. The van der Waals surface area contributed by atoms with E-state index in [4.69, 9.17) is 39.2 Å². The molecule has 0 spiro atoms. The highest BCUT2D eigenvalue weighted by molar-refractivity contribution is 7.22. The molecule has 0 aliphatic rings. The number of benzene rings is 1. The van der Waals surface area contributed by atoms with Crippen LogP contribution >= 0.6 is 46.1 Å². The van der Waals surface area contributed by atoms with Crippen LogP contribution in [0.3, 0.4) is 0 Å². The Balaban J connectivity index is 1.67. The fraction of sp³-hybridized carbons (Fsp3) is 0.143. The zero-order chi connectivity index (χ0) is 16.4. The maximum atomic E-state index is 9.80. The Morgan fingerprint density at radius 3 is 2.78 bits per heavy atom. The molecule has 120 valence electrons. The number of fused-ring (bicyclic) bond motifs is 1. The first-order valence-corrected chi connectivity index (χ1v) is 8.38. The van der Waals surface area contributed by atoms with Gasteiger partial charge in [0.05, 0.1) is 16.4 Å². The van der Waals surface area contributed by atoms with Gasteiger partial charge in [-0.2, -0.15) is 5.10 Å². The van der Waals surface area contributed by atoms with Gasteiger partial charge >= 0.3 is 0 Å². The topological polar surface area (TPSA) is 70.7 Å². The predicted molar refractivity (Wildman–Crippen MR) is 94.8 cm³/mol. The number of aromatic nitrogens is 1. The number of halogens is 3. The Morgan fingerprint density at radius 2 is 2.04 bits per heavy atom. The summed E-state index contributed by atoms with van der Waals surface area (Å²) in [7, 11) is 0. The van der Waals surface area contributed by atoms with Gasteiger partial charge in [-0.1, -0.05) is 58.3 Å². The smallest absolute Gasteiger partial charge is 0.223 e. The molecule has 2 N–H and O–H groups in total. The lowest BCUT2D eigenvalue weighted by Gasteiger charge is -2.15. The minimum atomic E-state index is -1.86. The quantitative estimate of drug-likeness (QED) is 0.383. The van der Waals surface area contributed by atoms with Crippen LogP contribution in [0.25, 0.3) is 10.2 Å². The molecule has 1 aromatic carbocycles. The van der Waals surface area contributed by atoms with Gasteiger partial charge in [-0.25, -0.2) is 4.98 Å². The fourth-order valence-electron chi connectivity index (χ4n) is 1.82. The highest BCUT2D eigenvalue weighted by atomic mass is 35.6. The maximum absolute atomic E-state index is 9.80. The summed E-state index contributed by atoms with van der Waals surface area (Å²) < 4.78 is 4.57. The van der Waals surface area contributed by atoms with Crippen molar-refractivity contribution in [3.05, 3.63) is 47.9 Å². The van der Waals surface area contributed by atoms with Crippen LogP contribution in [0.5, 0.6) is 0 Å². The van der Waals surface area contributed by atoms with E-state index in [9.17, 15) is 5.11 Å². The number of nitrogens with one attached hydrogen (secondary N) is 1. The van der Waals surface area contributed by atoms with E-state index in [1.165, 1.54) is 23.6 Å². The number of rotatable bonds is 4. The molecule has 0 radical (unpaired) electrons. The first-order chi connectivity index (χ1) is 10.9. The monoisotopic (exact) mass is 389 g/mol. The van der Waals surface area contributed by atoms with Gasteiger partial charge in [0.25, 0.3) is 0 Å². The van der Waals surface area contributed by atoms with E-state index in [0.29, 0.717) is 10.9 Å². The number of anilines is 1. The van der Waals surface area contributed by atoms with Crippen LogP contribution in [0, 0.1) is 0 Å². The number of hydrogen-bond acceptors (Lipinski definition) is 6. The highest BCUT2D eigenvalue weighted by Crippen LogP contribution is 2.39.